The predicted molar refractivity (Wildman–Crippen MR) is 66.1 cm³/mol. The average Bonchev–Trinajstić information content (AvgIpc) is 2.73. The number of hydrogen-bond donors (Lipinski definition) is 2. The van der Waals surface area contributed by atoms with Crippen LogP contribution in [0.4, 0.5) is 5.82 Å². The van der Waals surface area contributed by atoms with Crippen molar-refractivity contribution < 1.29 is 14.6 Å². The Morgan fingerprint density at radius 3 is 2.83 bits per heavy atom. The summed E-state index contributed by atoms with van der Waals surface area (Å²) in [6.07, 6.45) is 4.60. The summed E-state index contributed by atoms with van der Waals surface area (Å²) in [4.78, 5) is 15.6. The Morgan fingerprint density at radius 2 is 2.22 bits per heavy atom. The minimum Gasteiger partial charge on any atom is -0.461 e. The van der Waals surface area contributed by atoms with Crippen LogP contribution in [-0.2, 0) is 4.74 Å². The first-order valence-electron chi connectivity index (χ1n) is 6.31. The van der Waals surface area contributed by atoms with E-state index in [1.54, 1.807) is 13.3 Å². The molecule has 0 aromatic carbocycles. The maximum atomic E-state index is 11.6. The van der Waals surface area contributed by atoms with Gasteiger partial charge < -0.3 is 20.1 Å². The van der Waals surface area contributed by atoms with Crippen LogP contribution in [0.5, 0.6) is 0 Å². The van der Waals surface area contributed by atoms with Gasteiger partial charge in [-0.3, -0.25) is 0 Å². The van der Waals surface area contributed by atoms with Gasteiger partial charge in [0.2, 0.25) is 0 Å². The van der Waals surface area contributed by atoms with Crippen molar-refractivity contribution in [2.45, 2.75) is 44.8 Å². The molecule has 1 aromatic heterocycles. The van der Waals surface area contributed by atoms with Gasteiger partial charge in [-0.2, -0.15) is 0 Å². The lowest BCUT2D eigenvalue weighted by molar-refractivity contribution is 0.0521. The molecule has 1 aliphatic rings. The van der Waals surface area contributed by atoms with Gasteiger partial charge in [-0.05, 0) is 32.6 Å². The highest BCUT2D eigenvalue weighted by molar-refractivity contribution is 5.92. The molecule has 2 rings (SSSR count). The van der Waals surface area contributed by atoms with Crippen molar-refractivity contribution in [3.63, 3.8) is 0 Å². The summed E-state index contributed by atoms with van der Waals surface area (Å²) in [6.45, 7) is 2.05. The lowest BCUT2D eigenvalue weighted by Crippen LogP contribution is -2.22. The molecule has 0 spiro atoms. The first-order chi connectivity index (χ1) is 8.63. The van der Waals surface area contributed by atoms with Crippen molar-refractivity contribution in [2.24, 2.45) is 0 Å². The van der Waals surface area contributed by atoms with Gasteiger partial charge in [0.15, 0.2) is 5.69 Å². The van der Waals surface area contributed by atoms with E-state index in [1.165, 1.54) is 0 Å². The second kappa shape index (κ2) is 5.39. The van der Waals surface area contributed by atoms with Crippen LogP contribution in [-0.4, -0.2) is 33.3 Å². The van der Waals surface area contributed by atoms with Crippen molar-refractivity contribution in [3.8, 4) is 0 Å². The fourth-order valence-electron chi connectivity index (χ4n) is 2.35. The number of carbonyl (C=O) groups excluding carboxylic acids is 1. The molecular weight excluding hydrogens is 234 g/mol. The van der Waals surface area contributed by atoms with E-state index in [0.29, 0.717) is 12.4 Å². The zero-order valence-corrected chi connectivity index (χ0v) is 10.5. The van der Waals surface area contributed by atoms with E-state index in [1.807, 2.05) is 4.57 Å². The van der Waals surface area contributed by atoms with E-state index in [4.69, 9.17) is 10.5 Å². The summed E-state index contributed by atoms with van der Waals surface area (Å²) >= 11 is 0. The van der Waals surface area contributed by atoms with Crippen molar-refractivity contribution in [2.75, 3.05) is 12.3 Å². The van der Waals surface area contributed by atoms with Gasteiger partial charge >= 0.3 is 5.97 Å². The third-order valence-electron chi connectivity index (χ3n) is 3.36. The highest BCUT2D eigenvalue weighted by Crippen LogP contribution is 2.31. The molecule has 1 heterocycles. The largest absolute Gasteiger partial charge is 0.461 e. The van der Waals surface area contributed by atoms with Crippen molar-refractivity contribution in [1.82, 2.24) is 9.55 Å². The molecule has 18 heavy (non-hydrogen) atoms. The van der Waals surface area contributed by atoms with Crippen molar-refractivity contribution in [3.05, 3.63) is 12.0 Å². The summed E-state index contributed by atoms with van der Waals surface area (Å²) < 4.78 is 6.71. The SMILES string of the molecule is CCOC(=O)c1ncn(C2CCC(O)CC2)c1N. The van der Waals surface area contributed by atoms with Gasteiger partial charge in [0.1, 0.15) is 5.82 Å². The molecule has 0 bridgehead atoms. The first-order valence-corrected chi connectivity index (χ1v) is 6.31. The number of rotatable bonds is 3. The number of hydrogen-bond acceptors (Lipinski definition) is 5. The van der Waals surface area contributed by atoms with E-state index in [0.717, 1.165) is 25.7 Å². The van der Waals surface area contributed by atoms with Gasteiger partial charge in [-0.15, -0.1) is 0 Å². The van der Waals surface area contributed by atoms with Gasteiger partial charge in [-0.1, -0.05) is 0 Å². The van der Waals surface area contributed by atoms with E-state index in [2.05, 4.69) is 4.98 Å². The summed E-state index contributed by atoms with van der Waals surface area (Å²) in [5.74, 6) is -0.126. The Kier molecular flexibility index (Phi) is 3.86. The molecule has 0 saturated heterocycles. The molecule has 0 amide bonds. The number of nitrogen functional groups attached to an aromatic ring is 1. The Labute approximate surface area is 106 Å². The van der Waals surface area contributed by atoms with Gasteiger partial charge in [0.05, 0.1) is 19.0 Å². The van der Waals surface area contributed by atoms with E-state index < -0.39 is 5.97 Å². The molecule has 0 radical (unpaired) electrons. The third-order valence-corrected chi connectivity index (χ3v) is 3.36. The third kappa shape index (κ3) is 2.48. The summed E-state index contributed by atoms with van der Waals surface area (Å²) in [5, 5.41) is 9.48. The number of carbonyl (C=O) groups is 1. The maximum absolute atomic E-state index is 11.6. The fourth-order valence-corrected chi connectivity index (χ4v) is 2.35. The number of ether oxygens (including phenoxy) is 1. The van der Waals surface area contributed by atoms with E-state index in [9.17, 15) is 9.90 Å². The first kappa shape index (κ1) is 12.9. The maximum Gasteiger partial charge on any atom is 0.360 e. The predicted octanol–water partition coefficient (Wildman–Crippen LogP) is 1.12. The van der Waals surface area contributed by atoms with Gasteiger partial charge in [0, 0.05) is 6.04 Å². The lowest BCUT2D eigenvalue weighted by Gasteiger charge is -2.27. The molecule has 1 saturated carbocycles. The molecule has 1 aliphatic carbocycles. The molecule has 6 nitrogen and oxygen atoms in total. The molecule has 0 atom stereocenters. The molecule has 1 aromatic rings. The van der Waals surface area contributed by atoms with Crippen molar-refractivity contribution in [1.29, 1.82) is 0 Å². The number of esters is 1. The average molecular weight is 253 g/mol. The highest BCUT2D eigenvalue weighted by Gasteiger charge is 2.25. The van der Waals surface area contributed by atoms with Crippen LogP contribution < -0.4 is 5.73 Å². The van der Waals surface area contributed by atoms with Crippen molar-refractivity contribution >= 4 is 11.8 Å². The molecule has 3 N–H and O–H groups in total. The number of aliphatic hydroxyl groups is 1. The standard InChI is InChI=1S/C12H19N3O3/c1-2-18-12(17)10-11(13)15(7-14-10)8-3-5-9(16)6-4-8/h7-9,16H,2-6,13H2,1H3. The number of aromatic nitrogens is 2. The minimum atomic E-state index is -0.482. The Bertz CT molecular complexity index is 422. The number of anilines is 1. The quantitative estimate of drug-likeness (QED) is 0.788. The minimum absolute atomic E-state index is 0.183. The van der Waals surface area contributed by atoms with Gasteiger partial charge in [-0.25, -0.2) is 9.78 Å². The van der Waals surface area contributed by atoms with Crippen LogP contribution in [0, 0.1) is 0 Å². The van der Waals surface area contributed by atoms with E-state index in [-0.39, 0.29) is 17.8 Å². The zero-order valence-electron chi connectivity index (χ0n) is 10.5. The Hall–Kier alpha value is -1.56. The molecule has 6 heteroatoms. The zero-order chi connectivity index (χ0) is 13.1. The monoisotopic (exact) mass is 253 g/mol. The summed E-state index contributed by atoms with van der Waals surface area (Å²) in [6, 6.07) is 0.212. The number of imidazole rings is 1. The smallest absolute Gasteiger partial charge is 0.360 e. The normalized spacial score (nSPS) is 23.9. The number of nitrogens with zero attached hydrogens (tertiary/aromatic N) is 2. The van der Waals surface area contributed by atoms with Crippen LogP contribution in [0.3, 0.4) is 0 Å². The van der Waals surface area contributed by atoms with E-state index >= 15 is 0 Å². The molecule has 0 aliphatic heterocycles. The molecule has 1 fully saturated rings. The molecule has 100 valence electrons. The number of aliphatic hydroxyl groups excluding tert-OH is 1. The molecule has 0 unspecified atom stereocenters. The lowest BCUT2D eigenvalue weighted by atomic mass is 9.93. The second-order valence-corrected chi connectivity index (χ2v) is 4.57. The van der Waals surface area contributed by atoms with Crippen LogP contribution >= 0.6 is 0 Å². The topological polar surface area (TPSA) is 90.4 Å². The summed E-state index contributed by atoms with van der Waals surface area (Å²) in [5.41, 5.74) is 6.12. The van der Waals surface area contributed by atoms with Crippen LogP contribution in [0.25, 0.3) is 0 Å². The van der Waals surface area contributed by atoms with Crippen LogP contribution in [0.2, 0.25) is 0 Å². The van der Waals surface area contributed by atoms with Crippen LogP contribution in [0.1, 0.15) is 49.1 Å². The second-order valence-electron chi connectivity index (χ2n) is 4.57. The molecular formula is C12H19N3O3. The fraction of sp³-hybridized carbons (Fsp3) is 0.667. The highest BCUT2D eigenvalue weighted by atomic mass is 16.5. The Balaban J connectivity index is 2.13. The summed E-state index contributed by atoms with van der Waals surface area (Å²) in [7, 11) is 0. The Morgan fingerprint density at radius 1 is 1.56 bits per heavy atom. The van der Waals surface area contributed by atoms with Crippen LogP contribution in [0.15, 0.2) is 6.33 Å². The van der Waals surface area contributed by atoms with Gasteiger partial charge in [0.25, 0.3) is 0 Å². The number of nitrogens with two attached hydrogens (primary N) is 1.